The summed E-state index contributed by atoms with van der Waals surface area (Å²) in [5, 5.41) is 0. The molecule has 0 heterocycles. The number of rotatable bonds is 2. The predicted octanol–water partition coefficient (Wildman–Crippen LogP) is 3.58. The topological polar surface area (TPSA) is 0 Å². The Morgan fingerprint density at radius 1 is 1.44 bits per heavy atom. The van der Waals surface area contributed by atoms with Gasteiger partial charge in [0.2, 0.25) is 0 Å². The SMILES string of the molecule is CC(C)P(Cl)C1CCC1. The first-order valence-corrected chi connectivity index (χ1v) is 6.04. The fourth-order valence-corrected chi connectivity index (χ4v) is 3.34. The molecule has 0 amide bonds. The molecule has 0 spiro atoms. The molecule has 1 atom stereocenters. The molecule has 0 radical (unpaired) electrons. The van der Waals surface area contributed by atoms with E-state index in [0.29, 0.717) is 0 Å². The fraction of sp³-hybridized carbons (Fsp3) is 1.00. The Bertz CT molecular complexity index is 88.9. The van der Waals surface area contributed by atoms with Gasteiger partial charge in [-0.1, -0.05) is 31.5 Å². The van der Waals surface area contributed by atoms with E-state index in [-0.39, 0.29) is 7.27 Å². The van der Waals surface area contributed by atoms with Crippen LogP contribution in [0.15, 0.2) is 0 Å². The van der Waals surface area contributed by atoms with Crippen molar-refractivity contribution >= 4 is 18.5 Å². The standard InChI is InChI=1S/C7H14ClP/c1-6(2)9(8)7-4-3-5-7/h6-7H,3-5H2,1-2H3. The first-order chi connectivity index (χ1) is 4.22. The lowest BCUT2D eigenvalue weighted by Crippen LogP contribution is -2.16. The third-order valence-corrected chi connectivity index (χ3v) is 6.12. The molecule has 1 saturated carbocycles. The maximum atomic E-state index is 6.18. The van der Waals surface area contributed by atoms with Gasteiger partial charge in [0, 0.05) is 0 Å². The molecular formula is C7H14ClP. The second-order valence-electron chi connectivity index (χ2n) is 3.02. The molecule has 0 N–H and O–H groups in total. The normalized spacial score (nSPS) is 24.0. The molecule has 2 heteroatoms. The first-order valence-electron chi connectivity index (χ1n) is 3.66. The van der Waals surface area contributed by atoms with Gasteiger partial charge >= 0.3 is 0 Å². The van der Waals surface area contributed by atoms with Gasteiger partial charge in [-0.25, -0.2) is 0 Å². The van der Waals surface area contributed by atoms with Gasteiger partial charge in [-0.2, -0.15) is 0 Å². The number of hydrogen-bond acceptors (Lipinski definition) is 0. The highest BCUT2D eigenvalue weighted by molar-refractivity contribution is 7.85. The average molecular weight is 165 g/mol. The molecular weight excluding hydrogens is 151 g/mol. The molecule has 54 valence electrons. The van der Waals surface area contributed by atoms with Crippen LogP contribution in [0.25, 0.3) is 0 Å². The van der Waals surface area contributed by atoms with E-state index in [1.54, 1.807) is 0 Å². The Morgan fingerprint density at radius 2 is 2.00 bits per heavy atom. The van der Waals surface area contributed by atoms with Crippen LogP contribution in [0, 0.1) is 0 Å². The summed E-state index contributed by atoms with van der Waals surface area (Å²) >= 11 is 6.18. The van der Waals surface area contributed by atoms with Crippen molar-refractivity contribution in [3.8, 4) is 0 Å². The zero-order valence-electron chi connectivity index (χ0n) is 6.10. The zero-order chi connectivity index (χ0) is 6.85. The molecule has 0 aromatic heterocycles. The molecule has 0 aromatic rings. The third kappa shape index (κ3) is 1.82. The smallest absolute Gasteiger partial charge is 0.00395 e. The van der Waals surface area contributed by atoms with Crippen LogP contribution in [0.1, 0.15) is 33.1 Å². The Hall–Kier alpha value is 0.720. The van der Waals surface area contributed by atoms with Crippen LogP contribution in [0.4, 0.5) is 0 Å². The third-order valence-electron chi connectivity index (χ3n) is 1.92. The first kappa shape index (κ1) is 7.82. The molecule has 1 aliphatic rings. The molecule has 1 aliphatic carbocycles. The van der Waals surface area contributed by atoms with Gasteiger partial charge in [0.05, 0.1) is 0 Å². The van der Waals surface area contributed by atoms with Crippen LogP contribution in [-0.2, 0) is 0 Å². The van der Waals surface area contributed by atoms with Gasteiger partial charge in [0.25, 0.3) is 0 Å². The van der Waals surface area contributed by atoms with Crippen LogP contribution in [0.3, 0.4) is 0 Å². The van der Waals surface area contributed by atoms with Crippen LogP contribution in [-0.4, -0.2) is 11.3 Å². The summed E-state index contributed by atoms with van der Waals surface area (Å²) in [6, 6.07) is 0. The minimum atomic E-state index is -0.142. The van der Waals surface area contributed by atoms with E-state index < -0.39 is 0 Å². The summed E-state index contributed by atoms with van der Waals surface area (Å²) in [5.74, 6) is 0. The molecule has 0 nitrogen and oxygen atoms in total. The monoisotopic (exact) mass is 164 g/mol. The summed E-state index contributed by atoms with van der Waals surface area (Å²) in [6.45, 7) is 4.47. The maximum absolute atomic E-state index is 6.18. The van der Waals surface area contributed by atoms with Gasteiger partial charge in [-0.15, -0.1) is 0 Å². The van der Waals surface area contributed by atoms with Crippen molar-refractivity contribution in [3.05, 3.63) is 0 Å². The molecule has 9 heavy (non-hydrogen) atoms. The molecule has 0 bridgehead atoms. The number of halogens is 1. The van der Waals surface area contributed by atoms with Crippen molar-refractivity contribution < 1.29 is 0 Å². The van der Waals surface area contributed by atoms with Crippen molar-refractivity contribution in [2.45, 2.75) is 44.4 Å². The van der Waals surface area contributed by atoms with E-state index in [9.17, 15) is 0 Å². The van der Waals surface area contributed by atoms with E-state index in [2.05, 4.69) is 13.8 Å². The fourth-order valence-electron chi connectivity index (χ4n) is 1.05. The minimum Gasteiger partial charge on any atom is -0.0959 e. The van der Waals surface area contributed by atoms with Crippen molar-refractivity contribution in [1.29, 1.82) is 0 Å². The molecule has 0 aromatic carbocycles. The van der Waals surface area contributed by atoms with Crippen LogP contribution in [0.2, 0.25) is 0 Å². The molecule has 1 fully saturated rings. The highest BCUT2D eigenvalue weighted by Crippen LogP contribution is 2.57. The van der Waals surface area contributed by atoms with Crippen molar-refractivity contribution in [3.63, 3.8) is 0 Å². The predicted molar refractivity (Wildman–Crippen MR) is 45.5 cm³/mol. The summed E-state index contributed by atoms with van der Waals surface area (Å²) < 4.78 is 0. The summed E-state index contributed by atoms with van der Waals surface area (Å²) in [5.41, 5.74) is 1.63. The zero-order valence-corrected chi connectivity index (χ0v) is 7.75. The second-order valence-corrected chi connectivity index (χ2v) is 6.65. The molecule has 0 saturated heterocycles. The Balaban J connectivity index is 2.23. The molecule has 0 aliphatic heterocycles. The van der Waals surface area contributed by atoms with Gasteiger partial charge in [0.15, 0.2) is 0 Å². The van der Waals surface area contributed by atoms with E-state index in [0.717, 1.165) is 11.3 Å². The van der Waals surface area contributed by atoms with E-state index in [1.807, 2.05) is 0 Å². The highest BCUT2D eigenvalue weighted by Gasteiger charge is 2.27. The minimum absolute atomic E-state index is 0.142. The van der Waals surface area contributed by atoms with Crippen LogP contribution < -0.4 is 0 Å². The lowest BCUT2D eigenvalue weighted by Gasteiger charge is -2.31. The lowest BCUT2D eigenvalue weighted by atomic mass is 10.00. The van der Waals surface area contributed by atoms with Crippen LogP contribution >= 0.6 is 18.5 Å². The lowest BCUT2D eigenvalue weighted by molar-refractivity contribution is 0.515. The summed E-state index contributed by atoms with van der Waals surface area (Å²) in [6.07, 6.45) is 4.21. The van der Waals surface area contributed by atoms with Crippen molar-refractivity contribution in [2.75, 3.05) is 0 Å². The Kier molecular flexibility index (Phi) is 2.79. The van der Waals surface area contributed by atoms with Crippen molar-refractivity contribution in [2.24, 2.45) is 0 Å². The van der Waals surface area contributed by atoms with Gasteiger partial charge in [-0.3, -0.25) is 0 Å². The summed E-state index contributed by atoms with van der Waals surface area (Å²) in [4.78, 5) is 0. The van der Waals surface area contributed by atoms with Gasteiger partial charge in [-0.05, 0) is 31.4 Å². The Morgan fingerprint density at radius 3 is 2.11 bits per heavy atom. The maximum Gasteiger partial charge on any atom is -0.00395 e. The molecule has 1 unspecified atom stereocenters. The van der Waals surface area contributed by atoms with E-state index in [4.69, 9.17) is 11.2 Å². The van der Waals surface area contributed by atoms with Gasteiger partial charge < -0.3 is 0 Å². The molecule has 1 rings (SSSR count). The highest BCUT2D eigenvalue weighted by atomic mass is 35.7. The summed E-state index contributed by atoms with van der Waals surface area (Å²) in [7, 11) is -0.142. The van der Waals surface area contributed by atoms with Crippen LogP contribution in [0.5, 0.6) is 0 Å². The largest absolute Gasteiger partial charge is 0.0959 e. The Labute approximate surface area is 63.5 Å². The quantitative estimate of drug-likeness (QED) is 0.548. The van der Waals surface area contributed by atoms with Gasteiger partial charge in [0.1, 0.15) is 0 Å². The van der Waals surface area contributed by atoms with E-state index in [1.165, 1.54) is 19.3 Å². The number of hydrogen-bond donors (Lipinski definition) is 0. The second kappa shape index (κ2) is 3.21. The average Bonchev–Trinajstić information content (AvgIpc) is 1.60. The van der Waals surface area contributed by atoms with Crippen molar-refractivity contribution in [1.82, 2.24) is 0 Å². The van der Waals surface area contributed by atoms with E-state index >= 15 is 0 Å².